The van der Waals surface area contributed by atoms with E-state index in [4.69, 9.17) is 9.47 Å². The molecule has 168 valence electrons. The predicted molar refractivity (Wildman–Crippen MR) is 119 cm³/mol. The van der Waals surface area contributed by atoms with Gasteiger partial charge in [0.05, 0.1) is 19.1 Å². The molecule has 7 nitrogen and oxygen atoms in total. The van der Waals surface area contributed by atoms with Crippen LogP contribution in [0.3, 0.4) is 0 Å². The molecule has 0 spiro atoms. The average Bonchev–Trinajstić information content (AvgIpc) is 2.79. The second-order valence-corrected chi connectivity index (χ2v) is 9.58. The minimum Gasteiger partial charge on any atom is -0.493 e. The number of piperidine rings is 1. The van der Waals surface area contributed by atoms with Crippen molar-refractivity contribution in [3.05, 3.63) is 53.6 Å². The molecule has 31 heavy (non-hydrogen) atoms. The predicted octanol–water partition coefficient (Wildman–Crippen LogP) is 3.38. The molecule has 1 unspecified atom stereocenters. The number of aryl methyl sites for hydroxylation is 1. The molecule has 0 radical (unpaired) electrons. The third kappa shape index (κ3) is 5.37. The van der Waals surface area contributed by atoms with Gasteiger partial charge in [-0.05, 0) is 56.5 Å². The van der Waals surface area contributed by atoms with Crippen LogP contribution in [0.2, 0.25) is 0 Å². The van der Waals surface area contributed by atoms with Gasteiger partial charge in [-0.25, -0.2) is 8.42 Å². The zero-order chi connectivity index (χ0) is 22.4. The Hall–Kier alpha value is -2.58. The number of amides is 1. The number of sulfonamides is 1. The van der Waals surface area contributed by atoms with Gasteiger partial charge in [0.15, 0.2) is 11.5 Å². The molecule has 0 bridgehead atoms. The topological polar surface area (TPSA) is 84.9 Å². The summed E-state index contributed by atoms with van der Waals surface area (Å²) in [6.07, 6.45) is 3.18. The highest BCUT2D eigenvalue weighted by Crippen LogP contribution is 2.28. The molecule has 0 aromatic heterocycles. The first kappa shape index (κ1) is 23.1. The van der Waals surface area contributed by atoms with Crippen LogP contribution in [0.5, 0.6) is 11.5 Å². The summed E-state index contributed by atoms with van der Waals surface area (Å²) in [6.45, 7) is 2.82. The molecule has 1 heterocycles. The van der Waals surface area contributed by atoms with Crippen LogP contribution in [0.1, 0.15) is 41.6 Å². The van der Waals surface area contributed by atoms with E-state index in [0.717, 1.165) is 24.8 Å². The van der Waals surface area contributed by atoms with E-state index in [0.29, 0.717) is 41.5 Å². The Morgan fingerprint density at radius 1 is 1.06 bits per heavy atom. The molecular weight excluding hydrogens is 416 g/mol. The Morgan fingerprint density at radius 3 is 2.45 bits per heavy atom. The van der Waals surface area contributed by atoms with Gasteiger partial charge in [0.25, 0.3) is 5.91 Å². The average molecular weight is 447 g/mol. The van der Waals surface area contributed by atoms with E-state index in [9.17, 15) is 13.2 Å². The lowest BCUT2D eigenvalue weighted by Crippen LogP contribution is -2.45. The molecule has 1 amide bonds. The molecule has 1 atom stereocenters. The molecule has 3 rings (SSSR count). The fourth-order valence-corrected chi connectivity index (χ4v) is 5.58. The van der Waals surface area contributed by atoms with Crippen molar-refractivity contribution in [1.29, 1.82) is 0 Å². The normalized spacial score (nSPS) is 17.2. The maximum atomic E-state index is 13.2. The van der Waals surface area contributed by atoms with Gasteiger partial charge in [-0.15, -0.1) is 0 Å². The lowest BCUT2D eigenvalue weighted by atomic mass is 10.0. The van der Waals surface area contributed by atoms with Crippen LogP contribution >= 0.6 is 0 Å². The van der Waals surface area contributed by atoms with E-state index in [2.05, 4.69) is 5.32 Å². The summed E-state index contributed by atoms with van der Waals surface area (Å²) in [4.78, 5) is 12.9. The molecule has 0 saturated carbocycles. The summed E-state index contributed by atoms with van der Waals surface area (Å²) in [5.41, 5.74) is 1.48. The summed E-state index contributed by atoms with van der Waals surface area (Å²) >= 11 is 0. The number of methoxy groups -OCH3 is 2. The number of benzene rings is 2. The molecule has 1 fully saturated rings. The van der Waals surface area contributed by atoms with E-state index >= 15 is 0 Å². The monoisotopic (exact) mass is 446 g/mol. The quantitative estimate of drug-likeness (QED) is 0.672. The number of hydrogen-bond donors (Lipinski definition) is 1. The van der Waals surface area contributed by atoms with Crippen molar-refractivity contribution in [3.63, 3.8) is 0 Å². The molecule has 1 aliphatic rings. The summed E-state index contributed by atoms with van der Waals surface area (Å²) < 4.78 is 38.4. The highest BCUT2D eigenvalue weighted by Gasteiger charge is 2.33. The van der Waals surface area contributed by atoms with Crippen LogP contribution in [0, 0.1) is 6.92 Å². The number of carbonyl (C=O) groups excluding carboxylic acids is 1. The Bertz CT molecular complexity index is 1010. The maximum Gasteiger partial charge on any atom is 0.251 e. The summed E-state index contributed by atoms with van der Waals surface area (Å²) in [7, 11) is -0.498. The number of carbonyl (C=O) groups is 1. The fraction of sp³-hybridized carbons (Fsp3) is 0.435. The van der Waals surface area contributed by atoms with Crippen molar-refractivity contribution in [2.75, 3.05) is 27.3 Å². The molecular formula is C23H30N2O5S. The van der Waals surface area contributed by atoms with Crippen LogP contribution in [-0.4, -0.2) is 52.0 Å². The molecule has 1 N–H and O–H groups in total. The highest BCUT2D eigenvalue weighted by atomic mass is 32.2. The molecule has 1 aliphatic heterocycles. The summed E-state index contributed by atoms with van der Waals surface area (Å²) in [5, 5.41) is 2.90. The molecule has 0 aliphatic carbocycles. The number of ether oxygens (including phenoxy) is 2. The van der Waals surface area contributed by atoms with Gasteiger partial charge in [0, 0.05) is 24.7 Å². The van der Waals surface area contributed by atoms with Gasteiger partial charge in [0.2, 0.25) is 10.0 Å². The minimum absolute atomic E-state index is 0.134. The first-order chi connectivity index (χ1) is 14.9. The van der Waals surface area contributed by atoms with Gasteiger partial charge >= 0.3 is 0 Å². The lowest BCUT2D eigenvalue weighted by Gasteiger charge is -2.34. The van der Waals surface area contributed by atoms with E-state index in [1.54, 1.807) is 34.6 Å². The largest absolute Gasteiger partial charge is 0.493 e. The third-order valence-corrected chi connectivity index (χ3v) is 7.58. The van der Waals surface area contributed by atoms with Crippen LogP contribution in [0.25, 0.3) is 0 Å². The lowest BCUT2D eigenvalue weighted by molar-refractivity contribution is 0.0949. The van der Waals surface area contributed by atoms with Crippen molar-refractivity contribution >= 4 is 15.9 Å². The van der Waals surface area contributed by atoms with Gasteiger partial charge in [-0.2, -0.15) is 4.31 Å². The van der Waals surface area contributed by atoms with Crippen molar-refractivity contribution in [1.82, 2.24) is 9.62 Å². The SMILES string of the molecule is COc1ccc(C(=O)NCCC2CCCCN2S(=O)(=O)c2ccc(C)cc2)cc1OC. The van der Waals surface area contributed by atoms with Crippen LogP contribution in [0.4, 0.5) is 0 Å². The molecule has 8 heteroatoms. The van der Waals surface area contributed by atoms with Gasteiger partial charge in [-0.3, -0.25) is 4.79 Å². The van der Waals surface area contributed by atoms with Crippen molar-refractivity contribution in [3.8, 4) is 11.5 Å². The zero-order valence-corrected chi connectivity index (χ0v) is 19.1. The minimum atomic E-state index is -3.56. The Balaban J connectivity index is 1.64. The van der Waals surface area contributed by atoms with Crippen LogP contribution in [0.15, 0.2) is 47.4 Å². The standard InChI is InChI=1S/C23H30N2O5S/c1-17-7-10-20(11-8-17)31(27,28)25-15-5-4-6-19(25)13-14-24-23(26)18-9-12-21(29-2)22(16-18)30-3/h7-12,16,19H,4-6,13-15H2,1-3H3,(H,24,26). The third-order valence-electron chi connectivity index (χ3n) is 5.61. The van der Waals surface area contributed by atoms with E-state index in [1.165, 1.54) is 14.2 Å². The molecule has 1 saturated heterocycles. The first-order valence-corrected chi connectivity index (χ1v) is 11.9. The first-order valence-electron chi connectivity index (χ1n) is 10.5. The van der Waals surface area contributed by atoms with Crippen molar-refractivity contribution < 1.29 is 22.7 Å². The van der Waals surface area contributed by atoms with E-state index in [-0.39, 0.29) is 11.9 Å². The number of hydrogen-bond acceptors (Lipinski definition) is 5. The van der Waals surface area contributed by atoms with Crippen LogP contribution < -0.4 is 14.8 Å². The Kier molecular flexibility index (Phi) is 7.56. The van der Waals surface area contributed by atoms with Gasteiger partial charge < -0.3 is 14.8 Å². The number of rotatable bonds is 8. The highest BCUT2D eigenvalue weighted by molar-refractivity contribution is 7.89. The Labute approximate surface area is 184 Å². The van der Waals surface area contributed by atoms with Gasteiger partial charge in [-0.1, -0.05) is 24.1 Å². The van der Waals surface area contributed by atoms with Crippen molar-refractivity contribution in [2.45, 2.75) is 43.5 Å². The molecule has 2 aromatic carbocycles. The van der Waals surface area contributed by atoms with Crippen LogP contribution in [-0.2, 0) is 10.0 Å². The molecule has 2 aromatic rings. The number of nitrogens with one attached hydrogen (secondary N) is 1. The second kappa shape index (κ2) is 10.2. The smallest absolute Gasteiger partial charge is 0.251 e. The Morgan fingerprint density at radius 2 is 1.77 bits per heavy atom. The maximum absolute atomic E-state index is 13.2. The number of nitrogens with zero attached hydrogens (tertiary/aromatic N) is 1. The van der Waals surface area contributed by atoms with Crippen molar-refractivity contribution in [2.24, 2.45) is 0 Å². The van der Waals surface area contributed by atoms with E-state index < -0.39 is 10.0 Å². The second-order valence-electron chi connectivity index (χ2n) is 7.69. The fourth-order valence-electron chi connectivity index (χ4n) is 3.86. The summed E-state index contributed by atoms with van der Waals surface area (Å²) in [6, 6.07) is 11.8. The zero-order valence-electron chi connectivity index (χ0n) is 18.3. The summed E-state index contributed by atoms with van der Waals surface area (Å²) in [5.74, 6) is 0.806. The van der Waals surface area contributed by atoms with Gasteiger partial charge in [0.1, 0.15) is 0 Å². The van der Waals surface area contributed by atoms with E-state index in [1.807, 2.05) is 19.1 Å².